The smallest absolute Gasteiger partial charge is 0.0746 e. The van der Waals surface area contributed by atoms with Crippen LogP contribution >= 0.6 is 0 Å². The van der Waals surface area contributed by atoms with Crippen LogP contribution in [-0.2, 0) is 16.0 Å². The van der Waals surface area contributed by atoms with E-state index in [2.05, 4.69) is 36.9 Å². The van der Waals surface area contributed by atoms with Crippen molar-refractivity contribution in [2.75, 3.05) is 33.4 Å². The molecule has 2 saturated heterocycles. The third-order valence-electron chi connectivity index (χ3n) is 5.11. The average Bonchev–Trinajstić information content (AvgIpc) is 3.01. The van der Waals surface area contributed by atoms with Gasteiger partial charge < -0.3 is 9.47 Å². The maximum atomic E-state index is 6.01. The number of hydrogen-bond acceptors (Lipinski definition) is 3. The minimum absolute atomic E-state index is 0.442. The number of rotatable bonds is 5. The number of aryl methyl sites for hydroxylation is 2. The summed E-state index contributed by atoms with van der Waals surface area (Å²) in [7, 11) is 1.79. The van der Waals surface area contributed by atoms with Gasteiger partial charge >= 0.3 is 0 Å². The first-order valence-electron chi connectivity index (χ1n) is 8.06. The second kappa shape index (κ2) is 6.47. The van der Waals surface area contributed by atoms with E-state index in [9.17, 15) is 0 Å². The van der Waals surface area contributed by atoms with Crippen molar-refractivity contribution in [1.82, 2.24) is 4.90 Å². The lowest BCUT2D eigenvalue weighted by molar-refractivity contribution is 0.0903. The molecule has 0 aliphatic carbocycles. The molecule has 2 heterocycles. The van der Waals surface area contributed by atoms with Gasteiger partial charge in [-0.2, -0.15) is 0 Å². The van der Waals surface area contributed by atoms with Gasteiger partial charge in [0.15, 0.2) is 0 Å². The van der Waals surface area contributed by atoms with Crippen molar-refractivity contribution in [2.24, 2.45) is 11.8 Å². The molecule has 0 unspecified atom stereocenters. The molecule has 2 fully saturated rings. The van der Waals surface area contributed by atoms with Crippen LogP contribution in [0.3, 0.4) is 0 Å². The van der Waals surface area contributed by atoms with E-state index < -0.39 is 0 Å². The summed E-state index contributed by atoms with van der Waals surface area (Å²) in [6.07, 6.45) is 1.58. The zero-order chi connectivity index (χ0) is 14.8. The second-order valence-electron chi connectivity index (χ2n) is 6.70. The molecule has 3 heteroatoms. The van der Waals surface area contributed by atoms with Crippen molar-refractivity contribution >= 4 is 0 Å². The Morgan fingerprint density at radius 2 is 2.14 bits per heavy atom. The molecule has 0 saturated carbocycles. The molecule has 2 aliphatic heterocycles. The van der Waals surface area contributed by atoms with Crippen molar-refractivity contribution in [1.29, 1.82) is 0 Å². The first kappa shape index (κ1) is 15.0. The van der Waals surface area contributed by atoms with Crippen molar-refractivity contribution in [3.05, 3.63) is 34.9 Å². The Hall–Kier alpha value is -0.900. The van der Waals surface area contributed by atoms with Gasteiger partial charge in [0.1, 0.15) is 0 Å². The number of methoxy groups -OCH3 is 1. The van der Waals surface area contributed by atoms with Gasteiger partial charge in [-0.3, -0.25) is 4.90 Å². The number of benzene rings is 1. The highest BCUT2D eigenvalue weighted by Crippen LogP contribution is 2.36. The Morgan fingerprint density at radius 3 is 2.95 bits per heavy atom. The van der Waals surface area contributed by atoms with E-state index in [0.717, 1.165) is 32.7 Å². The van der Waals surface area contributed by atoms with Gasteiger partial charge in [-0.1, -0.05) is 23.8 Å². The van der Waals surface area contributed by atoms with E-state index in [1.54, 1.807) is 7.11 Å². The van der Waals surface area contributed by atoms with E-state index >= 15 is 0 Å². The van der Waals surface area contributed by atoms with E-state index in [1.807, 2.05) is 0 Å². The lowest BCUT2D eigenvalue weighted by Crippen LogP contribution is -2.24. The van der Waals surface area contributed by atoms with Gasteiger partial charge in [-0.05, 0) is 37.3 Å². The maximum absolute atomic E-state index is 6.01. The van der Waals surface area contributed by atoms with Crippen LogP contribution in [0.5, 0.6) is 0 Å². The van der Waals surface area contributed by atoms with Crippen molar-refractivity contribution in [2.45, 2.75) is 32.9 Å². The number of likely N-dealkylation sites (tertiary alicyclic amines) is 1. The number of hydrogen-bond donors (Lipinski definition) is 0. The van der Waals surface area contributed by atoms with E-state index in [4.69, 9.17) is 9.47 Å². The summed E-state index contributed by atoms with van der Waals surface area (Å²) in [6.45, 7) is 9.48. The monoisotopic (exact) mass is 289 g/mol. The van der Waals surface area contributed by atoms with Crippen molar-refractivity contribution in [3.8, 4) is 0 Å². The van der Waals surface area contributed by atoms with Crippen molar-refractivity contribution in [3.63, 3.8) is 0 Å². The largest absolute Gasteiger partial charge is 0.385 e. The average molecular weight is 289 g/mol. The van der Waals surface area contributed by atoms with Crippen molar-refractivity contribution < 1.29 is 9.47 Å². The number of ether oxygens (including phenoxy) is 2. The lowest BCUT2D eigenvalue weighted by Gasteiger charge is -2.20. The zero-order valence-corrected chi connectivity index (χ0v) is 13.5. The first-order valence-corrected chi connectivity index (χ1v) is 8.06. The Bertz CT molecular complexity index is 488. The minimum atomic E-state index is 0.442. The Labute approximate surface area is 128 Å². The van der Waals surface area contributed by atoms with Crippen LogP contribution in [0.1, 0.15) is 23.1 Å². The van der Waals surface area contributed by atoms with Crippen LogP contribution in [0, 0.1) is 25.7 Å². The fourth-order valence-electron chi connectivity index (χ4n) is 3.79. The zero-order valence-electron chi connectivity index (χ0n) is 13.5. The summed E-state index contributed by atoms with van der Waals surface area (Å²) in [5.41, 5.74) is 4.21. The quantitative estimate of drug-likeness (QED) is 0.832. The van der Waals surface area contributed by atoms with Gasteiger partial charge in [-0.15, -0.1) is 0 Å². The number of fused-ring (bicyclic) bond motifs is 1. The molecule has 0 radical (unpaired) electrons. The van der Waals surface area contributed by atoms with E-state index in [0.29, 0.717) is 17.9 Å². The molecular weight excluding hydrogens is 262 g/mol. The van der Waals surface area contributed by atoms with E-state index in [-0.39, 0.29) is 0 Å². The molecule has 1 aromatic rings. The molecule has 0 N–H and O–H groups in total. The van der Waals surface area contributed by atoms with Crippen LogP contribution in [-0.4, -0.2) is 44.4 Å². The molecule has 0 amide bonds. The molecule has 3 rings (SSSR count). The summed E-state index contributed by atoms with van der Waals surface area (Å²) < 4.78 is 11.2. The maximum Gasteiger partial charge on any atom is 0.0746 e. The van der Waals surface area contributed by atoms with Crippen LogP contribution in [0.15, 0.2) is 18.2 Å². The molecule has 3 nitrogen and oxygen atoms in total. The fourth-order valence-corrected chi connectivity index (χ4v) is 3.79. The molecule has 2 aliphatic rings. The molecule has 21 heavy (non-hydrogen) atoms. The molecule has 0 aromatic heterocycles. The van der Waals surface area contributed by atoms with E-state index in [1.165, 1.54) is 23.2 Å². The van der Waals surface area contributed by atoms with Gasteiger partial charge in [0.2, 0.25) is 0 Å². The molecule has 0 bridgehead atoms. The van der Waals surface area contributed by atoms with Gasteiger partial charge in [0.05, 0.1) is 12.7 Å². The standard InChI is InChI=1S/C18H27NO2/c1-13-4-5-14(2)16(8-13)9-19-10-17-15(6-7-20-3)12-21-18(17)11-19/h4-5,8,15,17-18H,6-7,9-12H2,1-3H3/t15-,17-,18-/m1/s1. The molecule has 0 spiro atoms. The highest BCUT2D eigenvalue weighted by Gasteiger charge is 2.43. The molecular formula is C18H27NO2. The number of nitrogens with zero attached hydrogens (tertiary/aromatic N) is 1. The van der Waals surface area contributed by atoms with Crippen LogP contribution in [0.25, 0.3) is 0 Å². The molecule has 1 aromatic carbocycles. The van der Waals surface area contributed by atoms with Gasteiger partial charge in [0, 0.05) is 39.3 Å². The SMILES string of the molecule is COCC[C@@H]1CO[C@@H]2CN(Cc3cc(C)ccc3C)C[C@H]12. The van der Waals surface area contributed by atoms with Gasteiger partial charge in [0.25, 0.3) is 0 Å². The Kier molecular flexibility index (Phi) is 4.63. The highest BCUT2D eigenvalue weighted by molar-refractivity contribution is 5.30. The third-order valence-corrected chi connectivity index (χ3v) is 5.11. The normalized spacial score (nSPS) is 29.0. The Balaban J connectivity index is 1.61. The lowest BCUT2D eigenvalue weighted by atomic mass is 9.91. The summed E-state index contributed by atoms with van der Waals surface area (Å²) in [5, 5.41) is 0. The molecule has 116 valence electrons. The topological polar surface area (TPSA) is 21.7 Å². The summed E-state index contributed by atoms with van der Waals surface area (Å²) >= 11 is 0. The Morgan fingerprint density at radius 1 is 1.29 bits per heavy atom. The molecule has 3 atom stereocenters. The third kappa shape index (κ3) is 3.31. The minimum Gasteiger partial charge on any atom is -0.385 e. The second-order valence-corrected chi connectivity index (χ2v) is 6.70. The van der Waals surface area contributed by atoms with Crippen LogP contribution in [0.2, 0.25) is 0 Å². The summed E-state index contributed by atoms with van der Waals surface area (Å²) in [5.74, 6) is 1.38. The summed E-state index contributed by atoms with van der Waals surface area (Å²) in [4.78, 5) is 2.57. The predicted molar refractivity (Wildman–Crippen MR) is 84.4 cm³/mol. The highest BCUT2D eigenvalue weighted by atomic mass is 16.5. The van der Waals surface area contributed by atoms with Gasteiger partial charge in [-0.25, -0.2) is 0 Å². The predicted octanol–water partition coefficient (Wildman–Crippen LogP) is 2.79. The van der Waals surface area contributed by atoms with Crippen LogP contribution in [0.4, 0.5) is 0 Å². The van der Waals surface area contributed by atoms with Crippen LogP contribution < -0.4 is 0 Å². The fraction of sp³-hybridized carbons (Fsp3) is 0.667. The summed E-state index contributed by atoms with van der Waals surface area (Å²) in [6, 6.07) is 6.76. The first-order chi connectivity index (χ1) is 10.2.